The van der Waals surface area contributed by atoms with Crippen LogP contribution in [0.5, 0.6) is 0 Å². The van der Waals surface area contributed by atoms with Gasteiger partial charge in [0.05, 0.1) is 24.0 Å². The number of nitrogens with one attached hydrogen (secondary N) is 1. The molecule has 282 valence electrons. The van der Waals surface area contributed by atoms with Gasteiger partial charge < -0.3 is 29.7 Å². The summed E-state index contributed by atoms with van der Waals surface area (Å²) in [5, 5.41) is 12.4. The smallest absolute Gasteiger partial charge is 0.306 e. The van der Waals surface area contributed by atoms with Crippen molar-refractivity contribution in [3.8, 4) is 0 Å². The van der Waals surface area contributed by atoms with Gasteiger partial charge in [-0.25, -0.2) is 0 Å². The van der Waals surface area contributed by atoms with Gasteiger partial charge in [0.1, 0.15) is 18.2 Å². The standard InChI is InChI=1S/C40H58BrN3O7/c1-8-10-20-30(46)50-25-29(27-18-14-13-15-19-27)42-35(47)31-32-36(48)43(22-16-11-12-17-23-45)34(40(32)24-28(41)33(31)51-40)37(49)44(21-9-2)39(6,7)26-38(3,4)5/h8-9,13-15,18-19,28-29,31-34,45H,1-2,10-12,16-17,20-26H2,3-7H3,(H,42,47)/t28?,29-,31-,32+,33-,34-,40+/m1/s1. The number of ether oxygens (including phenoxy) is 2. The third kappa shape index (κ3) is 9.14. The maximum absolute atomic E-state index is 15.1. The molecule has 1 unspecified atom stereocenters. The lowest BCUT2D eigenvalue weighted by molar-refractivity contribution is -0.153. The van der Waals surface area contributed by atoms with Gasteiger partial charge in [-0.2, -0.15) is 0 Å². The van der Waals surface area contributed by atoms with Crippen LogP contribution in [0, 0.1) is 17.3 Å². The zero-order valence-electron chi connectivity index (χ0n) is 31.1. The summed E-state index contributed by atoms with van der Waals surface area (Å²) in [5.74, 6) is -2.98. The molecular formula is C40H58BrN3O7. The van der Waals surface area contributed by atoms with Gasteiger partial charge in [-0.1, -0.05) is 92.0 Å². The fourth-order valence-corrected chi connectivity index (χ4v) is 9.59. The Hall–Kier alpha value is -3.02. The number of aliphatic hydroxyl groups excluding tert-OH is 1. The van der Waals surface area contributed by atoms with Gasteiger partial charge in [-0.05, 0) is 56.9 Å². The number of hydrogen-bond donors (Lipinski definition) is 2. The number of esters is 1. The number of hydrogen-bond acceptors (Lipinski definition) is 7. The van der Waals surface area contributed by atoms with E-state index in [4.69, 9.17) is 9.47 Å². The van der Waals surface area contributed by atoms with Gasteiger partial charge in [0.2, 0.25) is 17.7 Å². The molecule has 4 rings (SSSR count). The van der Waals surface area contributed by atoms with Crippen molar-refractivity contribution in [1.29, 1.82) is 0 Å². The van der Waals surface area contributed by atoms with Gasteiger partial charge in [-0.15, -0.1) is 13.2 Å². The van der Waals surface area contributed by atoms with Crippen LogP contribution in [0.1, 0.15) is 97.6 Å². The van der Waals surface area contributed by atoms with E-state index in [1.807, 2.05) is 35.2 Å². The molecule has 1 aromatic carbocycles. The lowest BCUT2D eigenvalue weighted by Crippen LogP contribution is -2.61. The van der Waals surface area contributed by atoms with Crippen molar-refractivity contribution in [2.75, 3.05) is 26.3 Å². The maximum atomic E-state index is 15.1. The summed E-state index contributed by atoms with van der Waals surface area (Å²) in [5.41, 5.74) is -1.10. The highest BCUT2D eigenvalue weighted by atomic mass is 79.9. The number of halogens is 1. The molecule has 0 saturated carbocycles. The summed E-state index contributed by atoms with van der Waals surface area (Å²) in [6.07, 6.45) is 7.42. The van der Waals surface area contributed by atoms with Gasteiger partial charge in [0, 0.05) is 36.5 Å². The Balaban J connectivity index is 1.70. The van der Waals surface area contributed by atoms with E-state index in [0.717, 1.165) is 18.4 Å². The van der Waals surface area contributed by atoms with Crippen LogP contribution in [0.15, 0.2) is 55.6 Å². The molecule has 3 amide bonds. The molecule has 51 heavy (non-hydrogen) atoms. The number of amides is 3. The van der Waals surface area contributed by atoms with E-state index < -0.39 is 47.1 Å². The molecule has 1 aromatic rings. The van der Waals surface area contributed by atoms with Gasteiger partial charge in [0.25, 0.3) is 0 Å². The number of carbonyl (C=O) groups excluding carboxylic acids is 4. The predicted molar refractivity (Wildman–Crippen MR) is 201 cm³/mol. The average molecular weight is 773 g/mol. The Kier molecular flexibility index (Phi) is 13.7. The first-order chi connectivity index (χ1) is 24.1. The van der Waals surface area contributed by atoms with Crippen LogP contribution in [-0.2, 0) is 28.7 Å². The Morgan fingerprint density at radius 1 is 1.12 bits per heavy atom. The predicted octanol–water partition coefficient (Wildman–Crippen LogP) is 5.88. The van der Waals surface area contributed by atoms with Crippen molar-refractivity contribution in [2.24, 2.45) is 17.3 Å². The van der Waals surface area contributed by atoms with Crippen LogP contribution in [-0.4, -0.2) is 93.0 Å². The van der Waals surface area contributed by atoms with E-state index in [9.17, 15) is 19.5 Å². The van der Waals surface area contributed by atoms with Crippen molar-refractivity contribution >= 4 is 39.6 Å². The summed E-state index contributed by atoms with van der Waals surface area (Å²) >= 11 is 3.79. The summed E-state index contributed by atoms with van der Waals surface area (Å²) in [4.78, 5) is 59.9. The minimum Gasteiger partial charge on any atom is -0.463 e. The van der Waals surface area contributed by atoms with Crippen molar-refractivity contribution < 1.29 is 33.8 Å². The molecule has 10 nitrogen and oxygen atoms in total. The summed E-state index contributed by atoms with van der Waals surface area (Å²) < 4.78 is 12.4. The molecule has 3 fully saturated rings. The molecule has 0 aromatic heterocycles. The third-order valence-electron chi connectivity index (χ3n) is 10.4. The second-order valence-electron chi connectivity index (χ2n) is 16.1. The normalized spacial score (nSPS) is 26.1. The van der Waals surface area contributed by atoms with Crippen LogP contribution >= 0.6 is 15.9 Å². The first kappa shape index (κ1) is 40.7. The maximum Gasteiger partial charge on any atom is 0.306 e. The molecule has 3 saturated heterocycles. The number of aliphatic hydroxyl groups is 1. The Bertz CT molecular complexity index is 1410. The number of carbonyl (C=O) groups is 4. The average Bonchev–Trinajstić information content (AvgIpc) is 3.66. The number of allylic oxidation sites excluding steroid dienone is 1. The van der Waals surface area contributed by atoms with Gasteiger partial charge >= 0.3 is 5.97 Å². The van der Waals surface area contributed by atoms with E-state index in [-0.39, 0.29) is 47.6 Å². The fourth-order valence-electron chi connectivity index (χ4n) is 8.64. The highest BCUT2D eigenvalue weighted by molar-refractivity contribution is 9.09. The monoisotopic (exact) mass is 771 g/mol. The van der Waals surface area contributed by atoms with Crippen LogP contribution in [0.3, 0.4) is 0 Å². The largest absolute Gasteiger partial charge is 0.463 e. The SMILES string of the molecule is C=CCCC(=O)OC[C@@H](NC(=O)[C@H]1[C@@H]2O[C@@]3(CC2Br)[C@@H]1C(=O)N(CCCCCCO)[C@@H]3C(=O)N(CC=C)C(C)(C)CC(C)(C)C)c1ccccc1. The van der Waals surface area contributed by atoms with Crippen LogP contribution in [0.25, 0.3) is 0 Å². The second-order valence-corrected chi connectivity index (χ2v) is 17.3. The molecule has 3 heterocycles. The van der Waals surface area contributed by atoms with Crippen LogP contribution < -0.4 is 5.32 Å². The number of likely N-dealkylation sites (tertiary alicyclic amines) is 1. The topological polar surface area (TPSA) is 125 Å². The minimum absolute atomic E-state index is 0.0775. The number of nitrogens with zero attached hydrogens (tertiary/aromatic N) is 2. The summed E-state index contributed by atoms with van der Waals surface area (Å²) in [6, 6.07) is 7.70. The number of unbranched alkanes of at least 4 members (excludes halogenated alkanes) is 3. The molecule has 2 bridgehead atoms. The van der Waals surface area contributed by atoms with E-state index in [0.29, 0.717) is 45.2 Å². The molecule has 11 heteroatoms. The van der Waals surface area contributed by atoms with Gasteiger partial charge in [0.15, 0.2) is 0 Å². The highest BCUT2D eigenvalue weighted by Gasteiger charge is 2.76. The number of fused-ring (bicyclic) bond motifs is 1. The van der Waals surface area contributed by atoms with Gasteiger partial charge in [-0.3, -0.25) is 19.2 Å². The highest BCUT2D eigenvalue weighted by Crippen LogP contribution is 2.60. The molecular weight excluding hydrogens is 714 g/mol. The van der Waals surface area contributed by atoms with Crippen molar-refractivity contribution in [3.05, 3.63) is 61.2 Å². The summed E-state index contributed by atoms with van der Waals surface area (Å²) in [7, 11) is 0. The lowest BCUT2D eigenvalue weighted by Gasteiger charge is -2.45. The van der Waals surface area contributed by atoms with E-state index in [2.05, 4.69) is 69.0 Å². The first-order valence-corrected chi connectivity index (χ1v) is 19.3. The lowest BCUT2D eigenvalue weighted by atomic mass is 9.70. The van der Waals surface area contributed by atoms with E-state index in [1.54, 1.807) is 17.1 Å². The number of rotatable bonds is 19. The fraction of sp³-hybridized carbons (Fsp3) is 0.650. The third-order valence-corrected chi connectivity index (χ3v) is 11.2. The zero-order chi connectivity index (χ0) is 37.6. The quantitative estimate of drug-likeness (QED) is 0.0779. The first-order valence-electron chi connectivity index (χ1n) is 18.4. The molecule has 3 aliphatic heterocycles. The number of alkyl halides is 1. The molecule has 1 spiro atoms. The number of benzene rings is 1. The Morgan fingerprint density at radius 2 is 1.80 bits per heavy atom. The van der Waals surface area contributed by atoms with Crippen LogP contribution in [0.2, 0.25) is 0 Å². The van der Waals surface area contributed by atoms with Crippen molar-refractivity contribution in [3.63, 3.8) is 0 Å². The van der Waals surface area contributed by atoms with E-state index >= 15 is 4.79 Å². The van der Waals surface area contributed by atoms with E-state index in [1.165, 1.54) is 0 Å². The second kappa shape index (κ2) is 17.2. The molecule has 0 radical (unpaired) electrons. The zero-order valence-corrected chi connectivity index (χ0v) is 32.7. The summed E-state index contributed by atoms with van der Waals surface area (Å²) in [6.45, 7) is 18.8. The Morgan fingerprint density at radius 3 is 2.43 bits per heavy atom. The molecule has 2 N–H and O–H groups in total. The van der Waals surface area contributed by atoms with Crippen molar-refractivity contribution in [1.82, 2.24) is 15.1 Å². The molecule has 7 atom stereocenters. The molecule has 0 aliphatic carbocycles. The molecule has 3 aliphatic rings. The minimum atomic E-state index is -1.21. The Labute approximate surface area is 312 Å². The van der Waals surface area contributed by atoms with Crippen LogP contribution in [0.4, 0.5) is 0 Å². The van der Waals surface area contributed by atoms with Crippen molar-refractivity contribution in [2.45, 2.75) is 120 Å².